The summed E-state index contributed by atoms with van der Waals surface area (Å²) < 4.78 is 7.90. The number of carbonyl (C=O) groups excluding carboxylic acids is 1. The van der Waals surface area contributed by atoms with E-state index in [-0.39, 0.29) is 18.7 Å². The maximum Gasteiger partial charge on any atom is 0.410 e. The third-order valence-electron chi connectivity index (χ3n) is 9.67. The molecule has 1 fully saturated rings. The molecule has 0 bridgehead atoms. The number of benzene rings is 4. The first kappa shape index (κ1) is 31.7. The molecule has 248 valence electrons. The van der Waals surface area contributed by atoms with Gasteiger partial charge in [-0.25, -0.2) is 19.7 Å². The monoisotopic (exact) mass is 677 g/mol. The van der Waals surface area contributed by atoms with Crippen LogP contribution in [0.2, 0.25) is 5.15 Å². The maximum absolute atomic E-state index is 13.5. The summed E-state index contributed by atoms with van der Waals surface area (Å²) in [6, 6.07) is 40.8. The molecule has 2 atom stereocenters. The number of ether oxygens (including phenoxy) is 1. The number of halogens is 1. The zero-order valence-corrected chi connectivity index (χ0v) is 28.3. The second-order valence-electron chi connectivity index (χ2n) is 13.0. The first-order chi connectivity index (χ1) is 24.6. The van der Waals surface area contributed by atoms with Gasteiger partial charge in [0.05, 0.1) is 16.9 Å². The van der Waals surface area contributed by atoms with Crippen LogP contribution >= 0.6 is 11.6 Å². The quantitative estimate of drug-likeness (QED) is 0.160. The van der Waals surface area contributed by atoms with Crippen molar-refractivity contribution in [3.8, 4) is 22.5 Å². The van der Waals surface area contributed by atoms with E-state index in [2.05, 4.69) is 76.1 Å². The van der Waals surface area contributed by atoms with Crippen LogP contribution in [0.5, 0.6) is 0 Å². The van der Waals surface area contributed by atoms with E-state index in [9.17, 15) is 4.79 Å². The number of imidazole rings is 1. The predicted molar refractivity (Wildman–Crippen MR) is 198 cm³/mol. The van der Waals surface area contributed by atoms with Crippen molar-refractivity contribution in [1.82, 2.24) is 24.3 Å². The molecule has 0 radical (unpaired) electrons. The fourth-order valence-electron chi connectivity index (χ4n) is 7.14. The Morgan fingerprint density at radius 3 is 2.30 bits per heavy atom. The minimum absolute atomic E-state index is 0.000692. The lowest BCUT2D eigenvalue weighted by molar-refractivity contribution is 0.0568. The molecule has 0 N–H and O–H groups in total. The average Bonchev–Trinajstić information content (AvgIpc) is 3.54. The fraction of sp³-hybridized carbons (Fsp3) is 0.190. The Morgan fingerprint density at radius 1 is 0.800 bits per heavy atom. The van der Waals surface area contributed by atoms with Gasteiger partial charge in [0.2, 0.25) is 0 Å². The van der Waals surface area contributed by atoms with Crippen molar-refractivity contribution < 1.29 is 9.53 Å². The molecule has 0 aliphatic carbocycles. The predicted octanol–water partition coefficient (Wildman–Crippen LogP) is 9.47. The van der Waals surface area contributed by atoms with Crippen LogP contribution in [0.1, 0.15) is 29.8 Å². The lowest BCUT2D eigenvalue weighted by atomic mass is 9.85. The summed E-state index contributed by atoms with van der Waals surface area (Å²) in [5.41, 5.74) is 7.57. The molecule has 1 aliphatic heterocycles. The Bertz CT molecular complexity index is 2260. The van der Waals surface area contributed by atoms with Gasteiger partial charge >= 0.3 is 6.09 Å². The standard InChI is InChI=1S/C42H36ClN5O2/c43-41-40-39(34-17-16-33-18-19-36(45-37(33)27-34)32-14-8-3-9-15-32)46-38(48(40)23-21-44-41)26-31-20-22-47(35(25-31)24-29-10-4-1-5-11-29)42(49)50-28-30-12-6-2-7-13-30/h1-19,21,23,27,31,35H,20,22,24-26,28H2. The number of aromatic nitrogens is 4. The average molecular weight is 678 g/mol. The number of fused-ring (bicyclic) bond motifs is 2. The minimum Gasteiger partial charge on any atom is -0.445 e. The van der Waals surface area contributed by atoms with Crippen molar-refractivity contribution in [3.63, 3.8) is 0 Å². The summed E-state index contributed by atoms with van der Waals surface area (Å²) in [6.07, 6.45) is 6.58. The Balaban J connectivity index is 1.07. The maximum atomic E-state index is 13.5. The fourth-order valence-corrected chi connectivity index (χ4v) is 7.38. The smallest absolute Gasteiger partial charge is 0.410 e. The lowest BCUT2D eigenvalue weighted by Crippen LogP contribution is -2.47. The van der Waals surface area contributed by atoms with Crippen LogP contribution in [0.15, 0.2) is 134 Å². The van der Waals surface area contributed by atoms with E-state index in [1.54, 1.807) is 6.20 Å². The molecule has 7 nitrogen and oxygen atoms in total. The van der Waals surface area contributed by atoms with E-state index in [1.807, 2.05) is 65.7 Å². The molecule has 4 heterocycles. The summed E-state index contributed by atoms with van der Waals surface area (Å²) in [5.74, 6) is 1.23. The van der Waals surface area contributed by atoms with Crippen LogP contribution in [0.3, 0.4) is 0 Å². The van der Waals surface area contributed by atoms with Crippen molar-refractivity contribution in [2.24, 2.45) is 5.92 Å². The van der Waals surface area contributed by atoms with Crippen molar-refractivity contribution in [2.45, 2.75) is 38.3 Å². The van der Waals surface area contributed by atoms with Gasteiger partial charge in [-0.15, -0.1) is 0 Å². The number of likely N-dealkylation sites (tertiary alicyclic amines) is 1. The first-order valence-electron chi connectivity index (χ1n) is 17.1. The van der Waals surface area contributed by atoms with Crippen LogP contribution in [0.25, 0.3) is 38.9 Å². The molecule has 7 aromatic rings. The molecule has 1 saturated heterocycles. The van der Waals surface area contributed by atoms with Gasteiger partial charge in [-0.2, -0.15) is 0 Å². The van der Waals surface area contributed by atoms with Gasteiger partial charge in [0.25, 0.3) is 0 Å². The van der Waals surface area contributed by atoms with E-state index in [1.165, 1.54) is 5.56 Å². The van der Waals surface area contributed by atoms with Crippen LogP contribution in [0, 0.1) is 5.92 Å². The van der Waals surface area contributed by atoms with E-state index in [0.717, 1.165) is 76.0 Å². The van der Waals surface area contributed by atoms with Crippen molar-refractivity contribution in [2.75, 3.05) is 6.54 Å². The number of amides is 1. The van der Waals surface area contributed by atoms with Gasteiger partial charge in [0.15, 0.2) is 5.15 Å². The van der Waals surface area contributed by atoms with Crippen LogP contribution in [-0.4, -0.2) is 42.9 Å². The van der Waals surface area contributed by atoms with Gasteiger partial charge in [0, 0.05) is 47.9 Å². The largest absolute Gasteiger partial charge is 0.445 e. The second kappa shape index (κ2) is 14.1. The molecule has 50 heavy (non-hydrogen) atoms. The Labute approximate surface area is 296 Å². The van der Waals surface area contributed by atoms with Crippen LogP contribution < -0.4 is 0 Å². The SMILES string of the molecule is O=C(OCc1ccccc1)N1CCC(Cc2nc(-c3ccc4ccc(-c5ccccc5)nc4c3)c3c(Cl)nccn23)CC1Cc1ccccc1. The Hall–Kier alpha value is -5.53. The Kier molecular flexibility index (Phi) is 8.97. The summed E-state index contributed by atoms with van der Waals surface area (Å²) in [7, 11) is 0. The zero-order valence-electron chi connectivity index (χ0n) is 27.5. The molecule has 1 aliphatic rings. The first-order valence-corrected chi connectivity index (χ1v) is 17.5. The summed E-state index contributed by atoms with van der Waals surface area (Å²) in [5, 5.41) is 1.46. The molecular formula is C42H36ClN5O2. The van der Waals surface area contributed by atoms with Crippen LogP contribution in [0.4, 0.5) is 4.79 Å². The molecular weight excluding hydrogens is 642 g/mol. The van der Waals surface area contributed by atoms with E-state index in [4.69, 9.17) is 26.3 Å². The van der Waals surface area contributed by atoms with Gasteiger partial charge in [0.1, 0.15) is 17.9 Å². The highest BCUT2D eigenvalue weighted by Crippen LogP contribution is 2.34. The highest BCUT2D eigenvalue weighted by molar-refractivity contribution is 6.33. The molecule has 8 rings (SSSR count). The van der Waals surface area contributed by atoms with Gasteiger partial charge < -0.3 is 9.64 Å². The molecule has 1 amide bonds. The third kappa shape index (κ3) is 6.69. The molecule has 2 unspecified atom stereocenters. The summed E-state index contributed by atoms with van der Waals surface area (Å²) >= 11 is 6.79. The molecule has 0 spiro atoms. The molecule has 0 saturated carbocycles. The van der Waals surface area contributed by atoms with Crippen molar-refractivity contribution in [1.29, 1.82) is 0 Å². The number of nitrogens with zero attached hydrogens (tertiary/aromatic N) is 5. The topological polar surface area (TPSA) is 72.6 Å². The third-order valence-corrected chi connectivity index (χ3v) is 9.94. The summed E-state index contributed by atoms with van der Waals surface area (Å²) in [6.45, 7) is 0.877. The number of carbonyl (C=O) groups is 1. The van der Waals surface area contributed by atoms with Gasteiger partial charge in [-0.1, -0.05) is 121 Å². The number of pyridine rings is 1. The van der Waals surface area contributed by atoms with Crippen LogP contribution in [-0.2, 0) is 24.2 Å². The number of hydrogen-bond donors (Lipinski definition) is 0. The number of hydrogen-bond acceptors (Lipinski definition) is 5. The highest BCUT2D eigenvalue weighted by atomic mass is 35.5. The van der Waals surface area contributed by atoms with E-state index < -0.39 is 0 Å². The van der Waals surface area contributed by atoms with E-state index >= 15 is 0 Å². The number of piperidine rings is 1. The Morgan fingerprint density at radius 2 is 1.52 bits per heavy atom. The van der Waals surface area contributed by atoms with Gasteiger partial charge in [-0.3, -0.25) is 4.40 Å². The highest BCUT2D eigenvalue weighted by Gasteiger charge is 2.34. The minimum atomic E-state index is -0.264. The van der Waals surface area contributed by atoms with E-state index in [0.29, 0.717) is 17.6 Å². The zero-order chi connectivity index (χ0) is 33.9. The lowest BCUT2D eigenvalue weighted by Gasteiger charge is -2.39. The normalized spacial score (nSPS) is 16.1. The van der Waals surface area contributed by atoms with Gasteiger partial charge in [-0.05, 0) is 48.4 Å². The summed E-state index contributed by atoms with van der Waals surface area (Å²) in [4.78, 5) is 30.1. The molecule has 4 aromatic carbocycles. The molecule has 3 aromatic heterocycles. The second-order valence-corrected chi connectivity index (χ2v) is 13.3. The molecule has 8 heteroatoms. The number of rotatable bonds is 8. The van der Waals surface area contributed by atoms with Crippen molar-refractivity contribution in [3.05, 3.63) is 156 Å². The van der Waals surface area contributed by atoms with Crippen molar-refractivity contribution >= 4 is 34.1 Å².